The van der Waals surface area contributed by atoms with E-state index in [0.29, 0.717) is 12.0 Å². The zero-order chi connectivity index (χ0) is 9.97. The fourth-order valence-corrected chi connectivity index (χ4v) is 1.87. The standard InChI is InChI=1S/C11H14BrNO/c1-8(9-6-13-7-9)14-11-4-2-3-10(12)5-11/h2-5,8-9,13H,6-7H2,1H3. The second kappa shape index (κ2) is 4.32. The molecule has 1 fully saturated rings. The van der Waals surface area contributed by atoms with Crippen molar-refractivity contribution in [3.8, 4) is 5.75 Å². The van der Waals surface area contributed by atoms with Gasteiger partial charge in [-0.3, -0.25) is 0 Å². The number of benzene rings is 1. The molecule has 14 heavy (non-hydrogen) atoms. The Kier molecular flexibility index (Phi) is 3.08. The van der Waals surface area contributed by atoms with Crippen LogP contribution in [0.4, 0.5) is 0 Å². The van der Waals surface area contributed by atoms with Gasteiger partial charge < -0.3 is 10.1 Å². The smallest absolute Gasteiger partial charge is 0.120 e. The van der Waals surface area contributed by atoms with Gasteiger partial charge in [0.05, 0.1) is 0 Å². The lowest BCUT2D eigenvalue weighted by Gasteiger charge is -2.32. The monoisotopic (exact) mass is 255 g/mol. The molecular weight excluding hydrogens is 242 g/mol. The van der Waals surface area contributed by atoms with E-state index in [1.54, 1.807) is 0 Å². The highest BCUT2D eigenvalue weighted by Gasteiger charge is 2.24. The predicted molar refractivity (Wildman–Crippen MR) is 60.6 cm³/mol. The van der Waals surface area contributed by atoms with Gasteiger partial charge in [0.2, 0.25) is 0 Å². The highest BCUT2D eigenvalue weighted by Crippen LogP contribution is 2.21. The topological polar surface area (TPSA) is 21.3 Å². The third kappa shape index (κ3) is 2.28. The molecular formula is C11H14BrNO. The zero-order valence-corrected chi connectivity index (χ0v) is 9.75. The fraction of sp³-hybridized carbons (Fsp3) is 0.455. The first-order valence-electron chi connectivity index (χ1n) is 4.88. The van der Waals surface area contributed by atoms with Crippen molar-refractivity contribution in [1.82, 2.24) is 5.32 Å². The summed E-state index contributed by atoms with van der Waals surface area (Å²) in [6.07, 6.45) is 0.297. The Morgan fingerprint density at radius 3 is 2.86 bits per heavy atom. The first kappa shape index (κ1) is 9.99. The van der Waals surface area contributed by atoms with Crippen LogP contribution in [0.1, 0.15) is 6.92 Å². The van der Waals surface area contributed by atoms with Crippen LogP contribution in [0.2, 0.25) is 0 Å². The molecule has 1 saturated heterocycles. The molecule has 0 amide bonds. The Balaban J connectivity index is 1.95. The van der Waals surface area contributed by atoms with Gasteiger partial charge in [0.25, 0.3) is 0 Å². The largest absolute Gasteiger partial charge is 0.490 e. The van der Waals surface area contributed by atoms with Gasteiger partial charge in [-0.25, -0.2) is 0 Å². The number of ether oxygens (including phenoxy) is 1. The molecule has 0 aromatic heterocycles. The van der Waals surface area contributed by atoms with E-state index < -0.39 is 0 Å². The van der Waals surface area contributed by atoms with Crippen molar-refractivity contribution >= 4 is 15.9 Å². The van der Waals surface area contributed by atoms with E-state index in [9.17, 15) is 0 Å². The summed E-state index contributed by atoms with van der Waals surface area (Å²) in [5, 5.41) is 3.25. The third-order valence-electron chi connectivity index (χ3n) is 2.59. The summed E-state index contributed by atoms with van der Waals surface area (Å²) in [5.74, 6) is 1.60. The van der Waals surface area contributed by atoms with Crippen LogP contribution < -0.4 is 10.1 Å². The highest BCUT2D eigenvalue weighted by molar-refractivity contribution is 9.10. The molecule has 1 aliphatic rings. The number of rotatable bonds is 3. The van der Waals surface area contributed by atoms with Crippen LogP contribution >= 0.6 is 15.9 Å². The summed E-state index contributed by atoms with van der Waals surface area (Å²) in [6.45, 7) is 4.29. The maximum Gasteiger partial charge on any atom is 0.120 e. The van der Waals surface area contributed by atoms with Crippen LogP contribution in [0.5, 0.6) is 5.75 Å². The Morgan fingerprint density at radius 1 is 1.50 bits per heavy atom. The van der Waals surface area contributed by atoms with Crippen molar-refractivity contribution in [2.45, 2.75) is 13.0 Å². The molecule has 1 heterocycles. The summed E-state index contributed by atoms with van der Waals surface area (Å²) < 4.78 is 6.89. The van der Waals surface area contributed by atoms with E-state index in [-0.39, 0.29) is 0 Å². The molecule has 2 nitrogen and oxygen atoms in total. The molecule has 0 saturated carbocycles. The summed E-state index contributed by atoms with van der Waals surface area (Å²) in [4.78, 5) is 0. The predicted octanol–water partition coefficient (Wildman–Crippen LogP) is 2.44. The first-order chi connectivity index (χ1) is 6.75. The van der Waals surface area contributed by atoms with Gasteiger partial charge in [0.1, 0.15) is 11.9 Å². The molecule has 3 heteroatoms. The van der Waals surface area contributed by atoms with Crippen molar-refractivity contribution in [2.24, 2.45) is 5.92 Å². The molecule has 1 aromatic rings. The molecule has 0 aliphatic carbocycles. The number of halogens is 1. The second-order valence-corrected chi connectivity index (χ2v) is 4.61. The minimum Gasteiger partial charge on any atom is -0.490 e. The van der Waals surface area contributed by atoms with Crippen LogP contribution in [0.15, 0.2) is 28.7 Å². The molecule has 1 unspecified atom stereocenters. The Morgan fingerprint density at radius 2 is 2.29 bits per heavy atom. The van der Waals surface area contributed by atoms with Crippen LogP contribution in [-0.2, 0) is 0 Å². The van der Waals surface area contributed by atoms with Crippen molar-refractivity contribution in [3.05, 3.63) is 28.7 Å². The average Bonchev–Trinajstić information content (AvgIpc) is 1.99. The zero-order valence-electron chi connectivity index (χ0n) is 8.16. The molecule has 76 valence electrons. The van der Waals surface area contributed by atoms with E-state index in [2.05, 4.69) is 28.2 Å². The average molecular weight is 256 g/mol. The lowest BCUT2D eigenvalue weighted by atomic mass is 9.98. The maximum absolute atomic E-state index is 5.83. The Hall–Kier alpha value is -0.540. The summed E-state index contributed by atoms with van der Waals surface area (Å²) in [7, 11) is 0. The van der Waals surface area contributed by atoms with Crippen molar-refractivity contribution in [3.63, 3.8) is 0 Å². The number of hydrogen-bond donors (Lipinski definition) is 1. The SMILES string of the molecule is CC(Oc1cccc(Br)c1)C1CNC1. The first-order valence-corrected chi connectivity index (χ1v) is 5.68. The van der Waals surface area contributed by atoms with Crippen LogP contribution in [-0.4, -0.2) is 19.2 Å². The van der Waals surface area contributed by atoms with Crippen LogP contribution in [0.3, 0.4) is 0 Å². The molecule has 1 atom stereocenters. The fourth-order valence-electron chi connectivity index (χ4n) is 1.49. The molecule has 0 spiro atoms. The minimum absolute atomic E-state index is 0.297. The van der Waals surface area contributed by atoms with Gasteiger partial charge in [0, 0.05) is 23.5 Å². The molecule has 0 bridgehead atoms. The number of hydrogen-bond acceptors (Lipinski definition) is 2. The van der Waals surface area contributed by atoms with Gasteiger partial charge in [-0.2, -0.15) is 0 Å². The molecule has 0 radical (unpaired) electrons. The Bertz CT molecular complexity index is 312. The quantitative estimate of drug-likeness (QED) is 0.896. The second-order valence-electron chi connectivity index (χ2n) is 3.70. The van der Waals surface area contributed by atoms with Crippen LogP contribution in [0.25, 0.3) is 0 Å². The van der Waals surface area contributed by atoms with Gasteiger partial charge in [-0.1, -0.05) is 22.0 Å². The summed E-state index contributed by atoms with van der Waals surface area (Å²) in [5.41, 5.74) is 0. The van der Waals surface area contributed by atoms with E-state index in [1.165, 1.54) is 0 Å². The third-order valence-corrected chi connectivity index (χ3v) is 3.09. The molecule has 1 N–H and O–H groups in total. The molecule has 2 rings (SSSR count). The number of nitrogens with one attached hydrogen (secondary N) is 1. The van der Waals surface area contributed by atoms with Crippen molar-refractivity contribution in [2.75, 3.05) is 13.1 Å². The summed E-state index contributed by atoms with van der Waals surface area (Å²) >= 11 is 3.43. The molecule has 1 aromatic carbocycles. The van der Waals surface area contributed by atoms with E-state index in [1.807, 2.05) is 24.3 Å². The summed E-state index contributed by atoms with van der Waals surface area (Å²) in [6, 6.07) is 7.99. The van der Waals surface area contributed by atoms with Gasteiger partial charge in [-0.15, -0.1) is 0 Å². The van der Waals surface area contributed by atoms with Gasteiger partial charge in [0.15, 0.2) is 0 Å². The van der Waals surface area contributed by atoms with E-state index in [4.69, 9.17) is 4.74 Å². The van der Waals surface area contributed by atoms with Crippen LogP contribution in [0, 0.1) is 5.92 Å². The van der Waals surface area contributed by atoms with Gasteiger partial charge in [-0.05, 0) is 25.1 Å². The van der Waals surface area contributed by atoms with E-state index in [0.717, 1.165) is 23.3 Å². The van der Waals surface area contributed by atoms with Crippen molar-refractivity contribution in [1.29, 1.82) is 0 Å². The van der Waals surface area contributed by atoms with E-state index >= 15 is 0 Å². The highest BCUT2D eigenvalue weighted by atomic mass is 79.9. The van der Waals surface area contributed by atoms with Gasteiger partial charge >= 0.3 is 0 Å². The Labute approximate surface area is 92.8 Å². The lowest BCUT2D eigenvalue weighted by molar-refractivity contribution is 0.115. The normalized spacial score (nSPS) is 18.7. The lowest BCUT2D eigenvalue weighted by Crippen LogP contribution is -2.49. The maximum atomic E-state index is 5.83. The van der Waals surface area contributed by atoms with Crippen molar-refractivity contribution < 1.29 is 4.74 Å². The molecule has 1 aliphatic heterocycles. The minimum atomic E-state index is 0.297.